The van der Waals surface area contributed by atoms with Gasteiger partial charge in [-0.05, 0) is 19.1 Å². The Hall–Kier alpha value is -2.34. The number of non-ortho nitro benzene ring substituents is 1. The molecule has 0 aliphatic carbocycles. The molecule has 1 aromatic carbocycles. The molecule has 0 amide bonds. The Kier molecular flexibility index (Phi) is 2.72. The molecule has 2 heterocycles. The standard InChI is InChI=1S/C13H12N4O2/c1-8-11-6-14-7-12(11)16-13(15-8)9-2-4-10(5-3-9)17(18)19/h2-5,14H,6-7H2,1H3. The van der Waals surface area contributed by atoms with E-state index in [0.29, 0.717) is 5.82 Å². The maximum Gasteiger partial charge on any atom is 0.269 e. The topological polar surface area (TPSA) is 81.0 Å². The van der Waals surface area contributed by atoms with E-state index in [9.17, 15) is 10.1 Å². The van der Waals surface area contributed by atoms with E-state index in [2.05, 4.69) is 15.3 Å². The first-order valence-electron chi connectivity index (χ1n) is 5.97. The maximum absolute atomic E-state index is 10.6. The summed E-state index contributed by atoms with van der Waals surface area (Å²) in [6, 6.07) is 6.31. The molecule has 0 atom stereocenters. The molecule has 1 aliphatic rings. The van der Waals surface area contributed by atoms with Crippen molar-refractivity contribution in [3.8, 4) is 11.4 Å². The Bertz CT molecular complexity index is 652. The van der Waals surface area contributed by atoms with E-state index in [1.54, 1.807) is 12.1 Å². The van der Waals surface area contributed by atoms with Gasteiger partial charge in [-0.15, -0.1) is 0 Å². The number of nitro groups is 1. The molecule has 0 bridgehead atoms. The number of fused-ring (bicyclic) bond motifs is 1. The first-order valence-corrected chi connectivity index (χ1v) is 5.97. The van der Waals surface area contributed by atoms with Crippen LogP contribution in [0.2, 0.25) is 0 Å². The molecule has 6 heteroatoms. The van der Waals surface area contributed by atoms with Crippen molar-refractivity contribution in [3.63, 3.8) is 0 Å². The Morgan fingerprint density at radius 2 is 1.95 bits per heavy atom. The predicted octanol–water partition coefficient (Wildman–Crippen LogP) is 1.96. The van der Waals surface area contributed by atoms with Gasteiger partial charge in [0.2, 0.25) is 0 Å². The minimum Gasteiger partial charge on any atom is -0.307 e. The van der Waals surface area contributed by atoms with Crippen LogP contribution in [0.25, 0.3) is 11.4 Å². The molecule has 0 unspecified atom stereocenters. The number of aromatic nitrogens is 2. The van der Waals surface area contributed by atoms with Crippen LogP contribution in [0.15, 0.2) is 24.3 Å². The van der Waals surface area contributed by atoms with Gasteiger partial charge in [0.25, 0.3) is 5.69 Å². The largest absolute Gasteiger partial charge is 0.307 e. The highest BCUT2D eigenvalue weighted by Crippen LogP contribution is 2.23. The minimum absolute atomic E-state index is 0.0725. The van der Waals surface area contributed by atoms with Crippen LogP contribution in [0.1, 0.15) is 17.0 Å². The molecule has 1 N–H and O–H groups in total. The second-order valence-electron chi connectivity index (χ2n) is 4.47. The van der Waals surface area contributed by atoms with Crippen molar-refractivity contribution in [2.75, 3.05) is 0 Å². The Morgan fingerprint density at radius 3 is 2.63 bits per heavy atom. The van der Waals surface area contributed by atoms with Crippen LogP contribution in [0.4, 0.5) is 5.69 Å². The SMILES string of the molecule is Cc1nc(-c2ccc([N+](=O)[O-])cc2)nc2c1CNC2. The summed E-state index contributed by atoms with van der Waals surface area (Å²) in [5.41, 5.74) is 4.00. The lowest BCUT2D eigenvalue weighted by atomic mass is 10.1. The van der Waals surface area contributed by atoms with Gasteiger partial charge in [0.1, 0.15) is 0 Å². The van der Waals surface area contributed by atoms with Crippen LogP contribution < -0.4 is 5.32 Å². The molecule has 96 valence electrons. The third-order valence-corrected chi connectivity index (χ3v) is 3.23. The highest BCUT2D eigenvalue weighted by molar-refractivity contribution is 5.58. The molecular formula is C13H12N4O2. The van der Waals surface area contributed by atoms with E-state index in [-0.39, 0.29) is 5.69 Å². The quantitative estimate of drug-likeness (QED) is 0.656. The fraction of sp³-hybridized carbons (Fsp3) is 0.231. The molecule has 3 rings (SSSR count). The predicted molar refractivity (Wildman–Crippen MR) is 69.4 cm³/mol. The van der Waals surface area contributed by atoms with Gasteiger partial charge in [0.05, 0.1) is 10.6 Å². The third kappa shape index (κ3) is 2.06. The van der Waals surface area contributed by atoms with E-state index in [1.165, 1.54) is 12.1 Å². The van der Waals surface area contributed by atoms with Gasteiger partial charge in [-0.1, -0.05) is 0 Å². The zero-order chi connectivity index (χ0) is 13.4. The molecule has 6 nitrogen and oxygen atoms in total. The lowest BCUT2D eigenvalue weighted by Gasteiger charge is -2.06. The molecule has 1 aliphatic heterocycles. The second kappa shape index (κ2) is 4.40. The molecule has 1 aromatic heterocycles. The van der Waals surface area contributed by atoms with Crippen molar-refractivity contribution in [2.45, 2.75) is 20.0 Å². The van der Waals surface area contributed by atoms with Crippen molar-refractivity contribution in [1.29, 1.82) is 0 Å². The molecule has 0 spiro atoms. The third-order valence-electron chi connectivity index (χ3n) is 3.23. The normalized spacial score (nSPS) is 13.3. The lowest BCUT2D eigenvalue weighted by Crippen LogP contribution is -2.00. The van der Waals surface area contributed by atoms with Gasteiger partial charge in [0, 0.05) is 42.0 Å². The fourth-order valence-corrected chi connectivity index (χ4v) is 2.20. The molecule has 0 fully saturated rings. The Balaban J connectivity index is 2.02. The Morgan fingerprint density at radius 1 is 1.21 bits per heavy atom. The van der Waals surface area contributed by atoms with Gasteiger partial charge in [-0.2, -0.15) is 0 Å². The zero-order valence-electron chi connectivity index (χ0n) is 10.4. The van der Waals surface area contributed by atoms with E-state index < -0.39 is 4.92 Å². The highest BCUT2D eigenvalue weighted by atomic mass is 16.6. The highest BCUT2D eigenvalue weighted by Gasteiger charge is 2.17. The van der Waals surface area contributed by atoms with Gasteiger partial charge in [-0.25, -0.2) is 9.97 Å². The number of aryl methyl sites for hydroxylation is 1. The van der Waals surface area contributed by atoms with Crippen molar-refractivity contribution in [2.24, 2.45) is 0 Å². The summed E-state index contributed by atoms with van der Waals surface area (Å²) in [5.74, 6) is 0.620. The van der Waals surface area contributed by atoms with Gasteiger partial charge in [0.15, 0.2) is 5.82 Å². The van der Waals surface area contributed by atoms with E-state index in [1.807, 2.05) is 6.92 Å². The molecule has 0 radical (unpaired) electrons. The average Bonchev–Trinajstić information content (AvgIpc) is 2.87. The summed E-state index contributed by atoms with van der Waals surface area (Å²) in [7, 11) is 0. The van der Waals surface area contributed by atoms with Crippen LogP contribution in [-0.2, 0) is 13.1 Å². The summed E-state index contributed by atoms with van der Waals surface area (Å²) >= 11 is 0. The second-order valence-corrected chi connectivity index (χ2v) is 4.47. The van der Waals surface area contributed by atoms with Crippen LogP contribution in [0, 0.1) is 17.0 Å². The number of nitrogens with zero attached hydrogens (tertiary/aromatic N) is 3. The smallest absolute Gasteiger partial charge is 0.269 e. The first-order chi connectivity index (χ1) is 9.15. The molecule has 0 saturated carbocycles. The van der Waals surface area contributed by atoms with Crippen LogP contribution in [0.3, 0.4) is 0 Å². The van der Waals surface area contributed by atoms with Crippen molar-refractivity contribution in [1.82, 2.24) is 15.3 Å². The monoisotopic (exact) mass is 256 g/mol. The lowest BCUT2D eigenvalue weighted by molar-refractivity contribution is -0.384. The molecule has 2 aromatic rings. The maximum atomic E-state index is 10.6. The zero-order valence-corrected chi connectivity index (χ0v) is 10.4. The summed E-state index contributed by atoms with van der Waals surface area (Å²) in [6.45, 7) is 3.52. The van der Waals surface area contributed by atoms with Crippen molar-refractivity contribution < 1.29 is 4.92 Å². The minimum atomic E-state index is -0.414. The van der Waals surface area contributed by atoms with E-state index in [4.69, 9.17) is 0 Å². The summed E-state index contributed by atoms with van der Waals surface area (Å²) in [6.07, 6.45) is 0. The van der Waals surface area contributed by atoms with Gasteiger partial charge in [-0.3, -0.25) is 10.1 Å². The molecule has 19 heavy (non-hydrogen) atoms. The number of benzene rings is 1. The number of nitro benzene ring substituents is 1. The van der Waals surface area contributed by atoms with E-state index in [0.717, 1.165) is 35.6 Å². The summed E-state index contributed by atoms with van der Waals surface area (Å²) in [5, 5.41) is 13.9. The van der Waals surface area contributed by atoms with Gasteiger partial charge >= 0.3 is 0 Å². The fourth-order valence-electron chi connectivity index (χ4n) is 2.20. The number of nitrogens with one attached hydrogen (secondary N) is 1. The van der Waals surface area contributed by atoms with Crippen LogP contribution in [-0.4, -0.2) is 14.9 Å². The van der Waals surface area contributed by atoms with Crippen molar-refractivity contribution >= 4 is 5.69 Å². The van der Waals surface area contributed by atoms with Gasteiger partial charge < -0.3 is 5.32 Å². The van der Waals surface area contributed by atoms with E-state index >= 15 is 0 Å². The summed E-state index contributed by atoms with van der Waals surface area (Å²) in [4.78, 5) is 19.2. The van der Waals surface area contributed by atoms with Crippen LogP contribution >= 0.6 is 0 Å². The molecular weight excluding hydrogens is 244 g/mol. The number of hydrogen-bond acceptors (Lipinski definition) is 5. The first kappa shape index (κ1) is 11.7. The van der Waals surface area contributed by atoms with Crippen molar-refractivity contribution in [3.05, 3.63) is 51.3 Å². The Labute approximate surface area is 109 Å². The average molecular weight is 256 g/mol. The number of hydrogen-bond donors (Lipinski definition) is 1. The van der Waals surface area contributed by atoms with Crippen LogP contribution in [0.5, 0.6) is 0 Å². The summed E-state index contributed by atoms with van der Waals surface area (Å²) < 4.78 is 0. The molecule has 0 saturated heterocycles. The number of rotatable bonds is 2.